The predicted octanol–water partition coefficient (Wildman–Crippen LogP) is 4.91. The van der Waals surface area contributed by atoms with E-state index in [2.05, 4.69) is 27.2 Å². The zero-order valence-corrected chi connectivity index (χ0v) is 18.1. The van der Waals surface area contributed by atoms with Crippen LogP contribution in [0.5, 0.6) is 0 Å². The van der Waals surface area contributed by atoms with Gasteiger partial charge in [-0.2, -0.15) is 13.2 Å². The number of amides is 1. The molecular weight excluding hydrogens is 431 g/mol. The van der Waals surface area contributed by atoms with Crippen molar-refractivity contribution in [2.45, 2.75) is 32.0 Å². The predicted molar refractivity (Wildman–Crippen MR) is 118 cm³/mol. The molecule has 1 amide bonds. The number of nitrogens with zero attached hydrogens (tertiary/aromatic N) is 4. The number of anilines is 1. The summed E-state index contributed by atoms with van der Waals surface area (Å²) < 4.78 is 38.4. The molecule has 1 aromatic carbocycles. The monoisotopic (exact) mass is 455 g/mol. The highest BCUT2D eigenvalue weighted by atomic mass is 19.4. The molecule has 3 heterocycles. The van der Waals surface area contributed by atoms with E-state index in [9.17, 15) is 18.0 Å². The molecule has 1 N–H and O–H groups in total. The molecule has 33 heavy (non-hydrogen) atoms. The summed E-state index contributed by atoms with van der Waals surface area (Å²) in [6.45, 7) is 3.06. The molecular formula is C24H24F3N5O. The van der Waals surface area contributed by atoms with Crippen LogP contribution in [0.3, 0.4) is 0 Å². The van der Waals surface area contributed by atoms with Crippen LogP contribution in [0.2, 0.25) is 0 Å². The summed E-state index contributed by atoms with van der Waals surface area (Å²) in [5, 5.41) is 3.11. The van der Waals surface area contributed by atoms with Crippen LogP contribution in [0, 0.1) is 5.92 Å². The third kappa shape index (κ3) is 5.13. The van der Waals surface area contributed by atoms with Crippen molar-refractivity contribution in [3.05, 3.63) is 72.2 Å². The van der Waals surface area contributed by atoms with Gasteiger partial charge in [-0.15, -0.1) is 0 Å². The zero-order valence-electron chi connectivity index (χ0n) is 18.1. The molecule has 1 aliphatic rings. The van der Waals surface area contributed by atoms with Crippen LogP contribution in [0.4, 0.5) is 19.0 Å². The van der Waals surface area contributed by atoms with Gasteiger partial charge in [-0.1, -0.05) is 25.1 Å². The number of alkyl halides is 3. The Kier molecular flexibility index (Phi) is 6.57. The van der Waals surface area contributed by atoms with Gasteiger partial charge in [0.25, 0.3) is 5.91 Å². The third-order valence-electron chi connectivity index (χ3n) is 5.92. The quantitative estimate of drug-likeness (QED) is 0.592. The van der Waals surface area contributed by atoms with Crippen LogP contribution in [0.15, 0.2) is 61.1 Å². The van der Waals surface area contributed by atoms with E-state index in [1.165, 1.54) is 6.07 Å². The van der Waals surface area contributed by atoms with Crippen molar-refractivity contribution in [3.8, 4) is 11.4 Å². The van der Waals surface area contributed by atoms with Crippen molar-refractivity contribution in [1.82, 2.24) is 19.9 Å². The lowest BCUT2D eigenvalue weighted by Gasteiger charge is -2.40. The van der Waals surface area contributed by atoms with Gasteiger partial charge in [0.1, 0.15) is 5.82 Å². The van der Waals surface area contributed by atoms with Crippen molar-refractivity contribution in [2.24, 2.45) is 5.92 Å². The summed E-state index contributed by atoms with van der Waals surface area (Å²) in [6, 6.07) is 11.1. The van der Waals surface area contributed by atoms with Crippen LogP contribution in [-0.4, -0.2) is 44.9 Å². The number of aromatic nitrogens is 3. The molecule has 1 aliphatic heterocycles. The van der Waals surface area contributed by atoms with Gasteiger partial charge < -0.3 is 10.2 Å². The van der Waals surface area contributed by atoms with E-state index in [0.717, 1.165) is 25.1 Å². The average Bonchev–Trinajstić information content (AvgIpc) is 2.83. The van der Waals surface area contributed by atoms with E-state index in [1.54, 1.807) is 24.5 Å². The van der Waals surface area contributed by atoms with Crippen LogP contribution < -0.4 is 5.32 Å². The topological polar surface area (TPSA) is 71.0 Å². The lowest BCUT2D eigenvalue weighted by atomic mass is 9.89. The van der Waals surface area contributed by atoms with Crippen molar-refractivity contribution >= 4 is 11.7 Å². The Morgan fingerprint density at radius 2 is 1.85 bits per heavy atom. The summed E-state index contributed by atoms with van der Waals surface area (Å²) in [7, 11) is 0. The second-order valence-electron chi connectivity index (χ2n) is 8.11. The number of hydrogen-bond acceptors (Lipinski definition) is 5. The minimum absolute atomic E-state index is 0.114. The maximum absolute atomic E-state index is 13.6. The number of benzene rings is 1. The van der Waals surface area contributed by atoms with Gasteiger partial charge in [0.05, 0.1) is 17.2 Å². The van der Waals surface area contributed by atoms with Gasteiger partial charge in [0.15, 0.2) is 5.82 Å². The second kappa shape index (κ2) is 9.56. The number of carbonyl (C=O) groups is 1. The van der Waals surface area contributed by atoms with Gasteiger partial charge >= 0.3 is 6.18 Å². The molecule has 3 aromatic rings. The number of piperidine rings is 1. The van der Waals surface area contributed by atoms with E-state index in [-0.39, 0.29) is 17.9 Å². The maximum atomic E-state index is 13.6. The van der Waals surface area contributed by atoms with Crippen LogP contribution in [0.25, 0.3) is 11.4 Å². The normalized spacial score (nSPS) is 18.7. The number of nitrogens with one attached hydrogen (secondary N) is 1. The zero-order chi connectivity index (χ0) is 23.4. The molecule has 2 aromatic heterocycles. The first kappa shape index (κ1) is 22.7. The van der Waals surface area contributed by atoms with E-state index < -0.39 is 11.7 Å². The number of pyridine rings is 1. The highest BCUT2D eigenvalue weighted by molar-refractivity contribution is 6.00. The Morgan fingerprint density at radius 3 is 2.55 bits per heavy atom. The average molecular weight is 455 g/mol. The van der Waals surface area contributed by atoms with Crippen LogP contribution in [-0.2, 0) is 6.18 Å². The summed E-state index contributed by atoms with van der Waals surface area (Å²) >= 11 is 0. The summed E-state index contributed by atoms with van der Waals surface area (Å²) in [6.07, 6.45) is 1.49. The summed E-state index contributed by atoms with van der Waals surface area (Å²) in [4.78, 5) is 27.9. The smallest absolute Gasteiger partial charge is 0.368 e. The lowest BCUT2D eigenvalue weighted by molar-refractivity contribution is -0.137. The van der Waals surface area contributed by atoms with Gasteiger partial charge in [-0.3, -0.25) is 4.79 Å². The first-order valence-corrected chi connectivity index (χ1v) is 10.8. The van der Waals surface area contributed by atoms with E-state index >= 15 is 0 Å². The third-order valence-corrected chi connectivity index (χ3v) is 5.92. The molecule has 0 spiro atoms. The fourth-order valence-electron chi connectivity index (χ4n) is 4.15. The van der Waals surface area contributed by atoms with Gasteiger partial charge in [-0.25, -0.2) is 15.0 Å². The van der Waals surface area contributed by atoms with Gasteiger partial charge in [0, 0.05) is 37.2 Å². The first-order chi connectivity index (χ1) is 15.8. The molecule has 2 atom stereocenters. The van der Waals surface area contributed by atoms with Crippen molar-refractivity contribution in [3.63, 3.8) is 0 Å². The lowest BCUT2D eigenvalue weighted by Crippen LogP contribution is -2.51. The Hall–Kier alpha value is -3.49. The second-order valence-corrected chi connectivity index (χ2v) is 8.11. The molecule has 1 saturated heterocycles. The van der Waals surface area contributed by atoms with Gasteiger partial charge in [0.2, 0.25) is 0 Å². The van der Waals surface area contributed by atoms with E-state index in [1.807, 2.05) is 23.1 Å². The van der Waals surface area contributed by atoms with E-state index in [0.29, 0.717) is 35.9 Å². The van der Waals surface area contributed by atoms with Crippen molar-refractivity contribution < 1.29 is 18.0 Å². The molecule has 9 heteroatoms. The Labute approximate surface area is 189 Å². The summed E-state index contributed by atoms with van der Waals surface area (Å²) in [5.74, 6) is 0.919. The van der Waals surface area contributed by atoms with Crippen molar-refractivity contribution in [1.29, 1.82) is 0 Å². The van der Waals surface area contributed by atoms with Crippen LogP contribution >= 0.6 is 0 Å². The molecule has 1 fully saturated rings. The molecule has 0 bridgehead atoms. The molecule has 0 saturated carbocycles. The Bertz CT molecular complexity index is 1090. The van der Waals surface area contributed by atoms with Crippen molar-refractivity contribution in [2.75, 3.05) is 18.4 Å². The maximum Gasteiger partial charge on any atom is 0.417 e. The molecule has 1 unspecified atom stereocenters. The standard InChI is InChI=1S/C24H24F3N5O/c1-16-6-4-13-32(20(16)15-31-21-10-9-17(14-30-21)24(25,26)27)23(33)19-8-3-2-7-18(19)22-28-11-5-12-29-22/h2-3,5,7-12,14,16,20H,4,6,13,15H2,1H3,(H,30,31)/t16?,20-/m1/s1. The largest absolute Gasteiger partial charge is 0.417 e. The Morgan fingerprint density at radius 1 is 1.09 bits per heavy atom. The molecule has 0 aliphatic carbocycles. The molecule has 172 valence electrons. The molecule has 6 nitrogen and oxygen atoms in total. The fourth-order valence-corrected chi connectivity index (χ4v) is 4.15. The number of hydrogen-bond donors (Lipinski definition) is 1. The number of rotatable bonds is 5. The Balaban J connectivity index is 1.54. The number of carbonyl (C=O) groups excluding carboxylic acids is 1. The molecule has 0 radical (unpaired) electrons. The molecule has 4 rings (SSSR count). The highest BCUT2D eigenvalue weighted by Gasteiger charge is 2.34. The summed E-state index contributed by atoms with van der Waals surface area (Å²) in [5.41, 5.74) is 0.392. The number of likely N-dealkylation sites (tertiary alicyclic amines) is 1. The van der Waals surface area contributed by atoms with E-state index in [4.69, 9.17) is 0 Å². The SMILES string of the molecule is CC1CCCN(C(=O)c2ccccc2-c2ncccn2)[C@@H]1CNc1ccc(C(F)(F)F)cn1. The van der Waals surface area contributed by atoms with Crippen LogP contribution in [0.1, 0.15) is 35.7 Å². The first-order valence-electron chi connectivity index (χ1n) is 10.8. The fraction of sp³-hybridized carbons (Fsp3) is 0.333. The minimum atomic E-state index is -4.43. The highest BCUT2D eigenvalue weighted by Crippen LogP contribution is 2.30. The minimum Gasteiger partial charge on any atom is -0.368 e. The van der Waals surface area contributed by atoms with Gasteiger partial charge in [-0.05, 0) is 43.0 Å². The number of halogens is 3.